The molecule has 5 aromatic rings. The number of phenols is 1. The molecule has 0 bridgehead atoms. The third-order valence-corrected chi connectivity index (χ3v) is 9.68. The van der Waals surface area contributed by atoms with Crippen LogP contribution < -0.4 is 11.1 Å². The number of aromatic nitrogens is 2. The second kappa shape index (κ2) is 13.6. The van der Waals surface area contributed by atoms with Crippen molar-refractivity contribution in [2.24, 2.45) is 0 Å². The van der Waals surface area contributed by atoms with Gasteiger partial charge < -0.3 is 26.0 Å². The summed E-state index contributed by atoms with van der Waals surface area (Å²) in [6.07, 6.45) is 1.26. The standard InChI is InChI=1S/C38H40N8O4/c1-25-36-45(35(48)24-42(2)46(36)38(50)40-20-27-8-4-3-5-9-27)34(18-26-13-16-31(47)17-14-26)37(49)43(25)22-28-12-15-29-21-41-44(33(29)19-28)23-30-10-6-7-11-32(30)39/h3-17,19,21,25,34,36,47H,18,20,22-24,39H2,1-2H3,(H,40,50)/t25-,34+,36+/m1/s1. The fourth-order valence-electron chi connectivity index (χ4n) is 7.06. The Kier molecular flexibility index (Phi) is 8.85. The molecule has 12 heteroatoms. The first-order chi connectivity index (χ1) is 24.2. The fraction of sp³-hybridized carbons (Fsp3) is 0.263. The number of piperazine rings is 1. The van der Waals surface area contributed by atoms with Crippen molar-refractivity contribution in [1.29, 1.82) is 0 Å². The van der Waals surface area contributed by atoms with Gasteiger partial charge in [0.25, 0.3) is 0 Å². The van der Waals surface area contributed by atoms with Crippen molar-refractivity contribution < 1.29 is 19.5 Å². The molecule has 0 radical (unpaired) electrons. The van der Waals surface area contributed by atoms with Crippen LogP contribution in [0.4, 0.5) is 10.5 Å². The first-order valence-corrected chi connectivity index (χ1v) is 16.7. The van der Waals surface area contributed by atoms with E-state index in [-0.39, 0.29) is 43.1 Å². The van der Waals surface area contributed by atoms with Gasteiger partial charge in [0, 0.05) is 37.6 Å². The van der Waals surface area contributed by atoms with E-state index in [1.54, 1.807) is 51.1 Å². The van der Waals surface area contributed by atoms with Crippen molar-refractivity contribution in [3.63, 3.8) is 0 Å². The highest BCUT2D eigenvalue weighted by atomic mass is 16.3. The summed E-state index contributed by atoms with van der Waals surface area (Å²) < 4.78 is 1.90. The van der Waals surface area contributed by atoms with Crippen molar-refractivity contribution in [2.75, 3.05) is 19.3 Å². The molecule has 4 aromatic carbocycles. The summed E-state index contributed by atoms with van der Waals surface area (Å²) in [7, 11) is 1.72. The number of amides is 4. The second-order valence-corrected chi connectivity index (χ2v) is 13.0. The van der Waals surface area contributed by atoms with Gasteiger partial charge in [-0.3, -0.25) is 14.3 Å². The number of hydrazine groups is 1. The van der Waals surface area contributed by atoms with Gasteiger partial charge in [-0.05, 0) is 53.4 Å². The number of para-hydroxylation sites is 1. The summed E-state index contributed by atoms with van der Waals surface area (Å²) in [5, 5.41) is 21.7. The van der Waals surface area contributed by atoms with Gasteiger partial charge in [-0.25, -0.2) is 14.8 Å². The molecule has 3 atom stereocenters. The largest absolute Gasteiger partial charge is 0.508 e. The molecular weight excluding hydrogens is 632 g/mol. The topological polar surface area (TPSA) is 140 Å². The summed E-state index contributed by atoms with van der Waals surface area (Å²) in [4.78, 5) is 45.7. The van der Waals surface area contributed by atoms with Gasteiger partial charge in [-0.2, -0.15) is 5.10 Å². The number of urea groups is 1. The smallest absolute Gasteiger partial charge is 0.334 e. The van der Waals surface area contributed by atoms with E-state index >= 15 is 0 Å². The molecule has 0 spiro atoms. The van der Waals surface area contributed by atoms with Gasteiger partial charge in [-0.15, -0.1) is 0 Å². The summed E-state index contributed by atoms with van der Waals surface area (Å²) in [5.41, 5.74) is 11.4. The number of carbonyl (C=O) groups excluding carboxylic acids is 3. The normalized spacial score (nSPS) is 19.6. The van der Waals surface area contributed by atoms with E-state index in [1.807, 2.05) is 90.6 Å². The zero-order valence-corrected chi connectivity index (χ0v) is 28.0. The van der Waals surface area contributed by atoms with E-state index in [2.05, 4.69) is 10.4 Å². The quantitative estimate of drug-likeness (QED) is 0.212. The Morgan fingerprint density at radius 1 is 0.920 bits per heavy atom. The summed E-state index contributed by atoms with van der Waals surface area (Å²) in [5.74, 6) is -0.341. The van der Waals surface area contributed by atoms with Crippen LogP contribution in [-0.2, 0) is 35.6 Å². The maximum absolute atomic E-state index is 14.6. The number of hydrogen-bond acceptors (Lipinski definition) is 7. The van der Waals surface area contributed by atoms with Crippen molar-refractivity contribution in [1.82, 2.24) is 34.9 Å². The molecule has 0 saturated carbocycles. The van der Waals surface area contributed by atoms with E-state index in [4.69, 9.17) is 5.73 Å². The minimum atomic E-state index is -0.873. The first-order valence-electron chi connectivity index (χ1n) is 16.7. The summed E-state index contributed by atoms with van der Waals surface area (Å²) >= 11 is 0. The molecule has 1 aromatic heterocycles. The summed E-state index contributed by atoms with van der Waals surface area (Å²) in [6, 6.07) is 28.1. The molecule has 7 rings (SSSR count). The molecule has 2 aliphatic heterocycles. The van der Waals surface area contributed by atoms with Crippen LogP contribution in [0.2, 0.25) is 0 Å². The highest BCUT2D eigenvalue weighted by molar-refractivity contribution is 5.92. The zero-order valence-electron chi connectivity index (χ0n) is 28.0. The van der Waals surface area contributed by atoms with E-state index < -0.39 is 18.2 Å². The van der Waals surface area contributed by atoms with Crippen molar-refractivity contribution in [2.45, 2.75) is 51.2 Å². The third-order valence-electron chi connectivity index (χ3n) is 9.68. The van der Waals surface area contributed by atoms with Crippen LogP contribution in [0, 0.1) is 0 Å². The number of likely N-dealkylation sites (N-methyl/N-ethyl adjacent to an activating group) is 1. The molecular formula is C38H40N8O4. The van der Waals surface area contributed by atoms with Crippen molar-refractivity contribution in [3.8, 4) is 5.75 Å². The lowest BCUT2D eigenvalue weighted by molar-refractivity contribution is -0.196. The average Bonchev–Trinajstić information content (AvgIpc) is 3.51. The van der Waals surface area contributed by atoms with E-state index in [0.29, 0.717) is 18.8 Å². The van der Waals surface area contributed by atoms with Crippen LogP contribution >= 0.6 is 0 Å². The Morgan fingerprint density at radius 3 is 2.40 bits per heavy atom. The highest BCUT2D eigenvalue weighted by Crippen LogP contribution is 2.33. The molecule has 256 valence electrons. The number of nitrogens with one attached hydrogen (secondary N) is 1. The van der Waals surface area contributed by atoms with Crippen LogP contribution in [0.5, 0.6) is 5.75 Å². The molecule has 2 saturated heterocycles. The molecule has 50 heavy (non-hydrogen) atoms. The van der Waals surface area contributed by atoms with Crippen LogP contribution in [0.25, 0.3) is 10.9 Å². The lowest BCUT2D eigenvalue weighted by atomic mass is 9.94. The van der Waals surface area contributed by atoms with Crippen LogP contribution in [0.15, 0.2) is 103 Å². The third kappa shape index (κ3) is 6.32. The number of benzene rings is 4. The average molecular weight is 673 g/mol. The number of fused-ring (bicyclic) bond motifs is 2. The second-order valence-electron chi connectivity index (χ2n) is 13.0. The van der Waals surface area contributed by atoms with E-state index in [1.165, 1.54) is 0 Å². The number of nitrogens with two attached hydrogens (primary N) is 1. The molecule has 12 nitrogen and oxygen atoms in total. The number of nitrogen functional groups attached to an aromatic ring is 1. The van der Waals surface area contributed by atoms with Gasteiger partial charge in [0.1, 0.15) is 18.0 Å². The molecule has 0 unspecified atom stereocenters. The predicted octanol–water partition coefficient (Wildman–Crippen LogP) is 3.94. The maximum Gasteiger partial charge on any atom is 0.334 e. The first kappa shape index (κ1) is 32.7. The Hall–Kier alpha value is -5.88. The number of hydrogen-bond donors (Lipinski definition) is 3. The Morgan fingerprint density at radius 2 is 1.64 bits per heavy atom. The maximum atomic E-state index is 14.6. The molecule has 0 aliphatic carbocycles. The van der Waals surface area contributed by atoms with Crippen LogP contribution in [0.3, 0.4) is 0 Å². The number of rotatable bonds is 8. The monoisotopic (exact) mass is 672 g/mol. The van der Waals surface area contributed by atoms with Gasteiger partial charge in [-0.1, -0.05) is 72.8 Å². The minimum absolute atomic E-state index is 0.0616. The fourth-order valence-corrected chi connectivity index (χ4v) is 7.06. The lowest BCUT2D eigenvalue weighted by Crippen LogP contribution is -2.78. The SMILES string of the molecule is C[C@@H]1[C@H]2N(C(=O)CN(C)N2C(=O)NCc2ccccc2)[C@@H](Cc2ccc(O)cc2)C(=O)N1Cc1ccc2cnn(Cc3ccccc3N)c2c1. The van der Waals surface area contributed by atoms with Gasteiger partial charge in [0.15, 0.2) is 0 Å². The van der Waals surface area contributed by atoms with E-state index in [0.717, 1.165) is 33.2 Å². The Labute approximate surface area is 290 Å². The number of aromatic hydroxyl groups is 1. The van der Waals surface area contributed by atoms with Gasteiger partial charge >= 0.3 is 6.03 Å². The summed E-state index contributed by atoms with van der Waals surface area (Å²) in [6.45, 7) is 2.88. The zero-order chi connectivity index (χ0) is 34.9. The molecule has 2 aliphatic rings. The highest BCUT2D eigenvalue weighted by Gasteiger charge is 2.54. The minimum Gasteiger partial charge on any atom is -0.508 e. The number of nitrogens with zero attached hydrogens (tertiary/aromatic N) is 6. The van der Waals surface area contributed by atoms with Crippen molar-refractivity contribution >= 4 is 34.4 Å². The van der Waals surface area contributed by atoms with Gasteiger partial charge in [0.2, 0.25) is 11.8 Å². The Balaban J connectivity index is 1.22. The van der Waals surface area contributed by atoms with E-state index in [9.17, 15) is 19.5 Å². The van der Waals surface area contributed by atoms with Crippen molar-refractivity contribution in [3.05, 3.63) is 126 Å². The van der Waals surface area contributed by atoms with Crippen LogP contribution in [-0.4, -0.2) is 84.4 Å². The van der Waals surface area contributed by atoms with Crippen LogP contribution in [0.1, 0.15) is 29.2 Å². The number of carbonyl (C=O) groups is 3. The number of anilines is 1. The molecule has 4 N–H and O–H groups in total. The van der Waals surface area contributed by atoms with Gasteiger partial charge in [0.05, 0.1) is 30.8 Å². The number of phenolic OH excluding ortho intramolecular Hbond substituents is 1. The lowest BCUT2D eigenvalue weighted by Gasteiger charge is -2.57. The molecule has 2 fully saturated rings. The molecule has 3 heterocycles. The Bertz CT molecular complexity index is 2030. The molecule has 4 amide bonds. The predicted molar refractivity (Wildman–Crippen MR) is 189 cm³/mol.